The fourth-order valence-electron chi connectivity index (χ4n) is 3.15. The highest BCUT2D eigenvalue weighted by molar-refractivity contribution is 5.96. The van der Waals surface area contributed by atoms with E-state index in [0.717, 1.165) is 35.1 Å². The van der Waals surface area contributed by atoms with E-state index >= 15 is 0 Å². The molecule has 1 aromatic heterocycles. The zero-order valence-electron chi connectivity index (χ0n) is 13.6. The van der Waals surface area contributed by atoms with Crippen LogP contribution in [0, 0.1) is 12.8 Å². The number of benzene rings is 2. The van der Waals surface area contributed by atoms with Crippen LogP contribution in [0.25, 0.3) is 16.6 Å². The lowest BCUT2D eigenvalue weighted by atomic mass is 9.79. The van der Waals surface area contributed by atoms with E-state index in [1.54, 1.807) is 0 Å². The number of rotatable bonds is 3. The number of carbonyl (C=O) groups is 1. The lowest BCUT2D eigenvalue weighted by molar-refractivity contribution is -0.122. The molecule has 0 aliphatic heterocycles. The number of hydrogen-bond donors (Lipinski definition) is 2. The van der Waals surface area contributed by atoms with Crippen molar-refractivity contribution in [1.29, 1.82) is 0 Å². The van der Waals surface area contributed by atoms with Gasteiger partial charge in [-0.25, -0.2) is 4.68 Å². The molecule has 1 aliphatic rings. The summed E-state index contributed by atoms with van der Waals surface area (Å²) in [7, 11) is 0. The van der Waals surface area contributed by atoms with Crippen molar-refractivity contribution in [3.05, 3.63) is 54.2 Å². The summed E-state index contributed by atoms with van der Waals surface area (Å²) in [6, 6.07) is 14.0. The molecule has 3 aromatic rings. The number of anilines is 1. The molecule has 0 radical (unpaired) electrons. The van der Waals surface area contributed by atoms with E-state index in [0.29, 0.717) is 0 Å². The van der Waals surface area contributed by atoms with Crippen LogP contribution in [0.3, 0.4) is 0 Å². The quantitative estimate of drug-likeness (QED) is 0.779. The molecule has 1 aliphatic carbocycles. The SMILES string of the molecule is Cc1cccc(-n2ncc3ccc(NC(=O)[C@H]4CC[C@@H]4N)cc32)c1. The molecule has 0 saturated heterocycles. The van der Waals surface area contributed by atoms with Crippen LogP contribution in [0.5, 0.6) is 0 Å². The van der Waals surface area contributed by atoms with Gasteiger partial charge in [0.15, 0.2) is 0 Å². The minimum Gasteiger partial charge on any atom is -0.327 e. The number of nitrogens with zero attached hydrogens (tertiary/aromatic N) is 2. The Morgan fingerprint density at radius 1 is 1.25 bits per heavy atom. The lowest BCUT2D eigenvalue weighted by Crippen LogP contribution is -2.46. The van der Waals surface area contributed by atoms with E-state index in [2.05, 4.69) is 29.5 Å². The molecule has 1 fully saturated rings. The molecule has 0 unspecified atom stereocenters. The molecular weight excluding hydrogens is 300 g/mol. The number of aromatic nitrogens is 2. The Morgan fingerprint density at radius 2 is 2.12 bits per heavy atom. The molecule has 4 rings (SSSR count). The highest BCUT2D eigenvalue weighted by Crippen LogP contribution is 2.28. The van der Waals surface area contributed by atoms with Crippen molar-refractivity contribution in [3.8, 4) is 5.69 Å². The second-order valence-corrected chi connectivity index (χ2v) is 6.51. The van der Waals surface area contributed by atoms with Gasteiger partial charge in [0.05, 0.1) is 23.3 Å². The minimum absolute atomic E-state index is 0.00782. The summed E-state index contributed by atoms with van der Waals surface area (Å²) in [5, 5.41) is 8.51. The van der Waals surface area contributed by atoms with Crippen molar-refractivity contribution in [2.45, 2.75) is 25.8 Å². The largest absolute Gasteiger partial charge is 0.327 e. The van der Waals surface area contributed by atoms with Gasteiger partial charge in [0.2, 0.25) is 5.91 Å². The topological polar surface area (TPSA) is 72.9 Å². The van der Waals surface area contributed by atoms with Gasteiger partial charge in [-0.3, -0.25) is 4.79 Å². The van der Waals surface area contributed by atoms with Gasteiger partial charge in [0, 0.05) is 17.1 Å². The van der Waals surface area contributed by atoms with E-state index < -0.39 is 0 Å². The normalized spacial score (nSPS) is 19.9. The summed E-state index contributed by atoms with van der Waals surface area (Å²) < 4.78 is 1.90. The third kappa shape index (κ3) is 2.57. The molecule has 122 valence electrons. The lowest BCUT2D eigenvalue weighted by Gasteiger charge is -2.32. The molecule has 1 saturated carbocycles. The molecule has 0 spiro atoms. The number of amides is 1. The second-order valence-electron chi connectivity index (χ2n) is 6.51. The van der Waals surface area contributed by atoms with E-state index in [1.807, 2.05) is 41.2 Å². The Kier molecular flexibility index (Phi) is 3.58. The maximum Gasteiger partial charge on any atom is 0.229 e. The van der Waals surface area contributed by atoms with Gasteiger partial charge < -0.3 is 11.1 Å². The zero-order chi connectivity index (χ0) is 16.7. The molecule has 0 bridgehead atoms. The molecule has 1 heterocycles. The summed E-state index contributed by atoms with van der Waals surface area (Å²) >= 11 is 0. The van der Waals surface area contributed by atoms with Crippen LogP contribution >= 0.6 is 0 Å². The van der Waals surface area contributed by atoms with Crippen LogP contribution in [-0.4, -0.2) is 21.7 Å². The Morgan fingerprint density at radius 3 is 2.83 bits per heavy atom. The number of carbonyl (C=O) groups excluding carboxylic acids is 1. The highest BCUT2D eigenvalue weighted by Gasteiger charge is 2.33. The van der Waals surface area contributed by atoms with Gasteiger partial charge in [0.25, 0.3) is 0 Å². The second kappa shape index (κ2) is 5.76. The minimum atomic E-state index is -0.0672. The van der Waals surface area contributed by atoms with Crippen LogP contribution in [0.2, 0.25) is 0 Å². The standard InChI is InChI=1S/C19H20N4O/c1-12-3-2-4-15(9-12)23-18-10-14(6-5-13(18)11-21-23)22-19(24)16-7-8-17(16)20/h2-6,9-11,16-17H,7-8,20H2,1H3,(H,22,24)/t16-,17-/m0/s1. The monoisotopic (exact) mass is 320 g/mol. The summed E-state index contributed by atoms with van der Waals surface area (Å²) in [5.41, 5.74) is 9.83. The number of nitrogens with one attached hydrogen (secondary N) is 1. The van der Waals surface area contributed by atoms with Crippen molar-refractivity contribution in [3.63, 3.8) is 0 Å². The number of aryl methyl sites for hydroxylation is 1. The predicted molar refractivity (Wildman–Crippen MR) is 95.1 cm³/mol. The molecule has 5 heteroatoms. The summed E-state index contributed by atoms with van der Waals surface area (Å²) in [5.74, 6) is -0.0582. The van der Waals surface area contributed by atoms with Crippen LogP contribution in [-0.2, 0) is 4.79 Å². The zero-order valence-corrected chi connectivity index (χ0v) is 13.6. The predicted octanol–water partition coefficient (Wildman–Crippen LogP) is 3.01. The van der Waals surface area contributed by atoms with Gasteiger partial charge in [0.1, 0.15) is 0 Å². The van der Waals surface area contributed by atoms with E-state index in [4.69, 9.17) is 5.73 Å². The third-order valence-electron chi connectivity index (χ3n) is 4.75. The van der Waals surface area contributed by atoms with Crippen molar-refractivity contribution >= 4 is 22.5 Å². The summed E-state index contributed by atoms with van der Waals surface area (Å²) in [6.45, 7) is 2.06. The highest BCUT2D eigenvalue weighted by atomic mass is 16.2. The molecule has 1 amide bonds. The van der Waals surface area contributed by atoms with Crippen LogP contribution in [0.1, 0.15) is 18.4 Å². The van der Waals surface area contributed by atoms with Crippen molar-refractivity contribution in [1.82, 2.24) is 9.78 Å². The Balaban J connectivity index is 1.67. The number of fused-ring (bicyclic) bond motifs is 1. The van der Waals surface area contributed by atoms with E-state index in [9.17, 15) is 4.79 Å². The fourth-order valence-corrected chi connectivity index (χ4v) is 3.15. The van der Waals surface area contributed by atoms with E-state index in [-0.39, 0.29) is 17.9 Å². The first-order valence-electron chi connectivity index (χ1n) is 8.23. The van der Waals surface area contributed by atoms with Gasteiger partial charge in [-0.1, -0.05) is 12.1 Å². The van der Waals surface area contributed by atoms with Crippen molar-refractivity contribution in [2.75, 3.05) is 5.32 Å². The first-order valence-corrected chi connectivity index (χ1v) is 8.23. The third-order valence-corrected chi connectivity index (χ3v) is 4.75. The fraction of sp³-hybridized carbons (Fsp3) is 0.263. The Hall–Kier alpha value is -2.66. The summed E-state index contributed by atoms with van der Waals surface area (Å²) in [6.07, 6.45) is 3.64. The Bertz CT molecular complexity index is 915. The average molecular weight is 320 g/mol. The van der Waals surface area contributed by atoms with Crippen LogP contribution in [0.4, 0.5) is 5.69 Å². The molecule has 2 atom stereocenters. The molecule has 3 N–H and O–H groups in total. The smallest absolute Gasteiger partial charge is 0.229 e. The molecule has 5 nitrogen and oxygen atoms in total. The van der Waals surface area contributed by atoms with Crippen molar-refractivity contribution in [2.24, 2.45) is 11.7 Å². The Labute approximate surface area is 140 Å². The first-order chi connectivity index (χ1) is 11.6. The number of nitrogens with two attached hydrogens (primary N) is 1. The molecule has 24 heavy (non-hydrogen) atoms. The maximum absolute atomic E-state index is 12.3. The molecular formula is C19H20N4O. The first kappa shape index (κ1) is 14.9. The molecule has 2 aromatic carbocycles. The van der Waals surface area contributed by atoms with Crippen molar-refractivity contribution < 1.29 is 4.79 Å². The van der Waals surface area contributed by atoms with Gasteiger partial charge in [-0.15, -0.1) is 0 Å². The van der Waals surface area contributed by atoms with Crippen LogP contribution in [0.15, 0.2) is 48.7 Å². The van der Waals surface area contributed by atoms with Gasteiger partial charge in [-0.05, 0) is 55.7 Å². The van der Waals surface area contributed by atoms with Gasteiger partial charge >= 0.3 is 0 Å². The number of hydrogen-bond acceptors (Lipinski definition) is 3. The van der Waals surface area contributed by atoms with Crippen LogP contribution < -0.4 is 11.1 Å². The van der Waals surface area contributed by atoms with E-state index in [1.165, 1.54) is 5.56 Å². The summed E-state index contributed by atoms with van der Waals surface area (Å²) in [4.78, 5) is 12.3. The average Bonchev–Trinajstić information content (AvgIpc) is 2.96. The van der Waals surface area contributed by atoms with Gasteiger partial charge in [-0.2, -0.15) is 5.10 Å². The maximum atomic E-state index is 12.3.